The van der Waals surface area contributed by atoms with Crippen molar-refractivity contribution in [3.63, 3.8) is 0 Å². The van der Waals surface area contributed by atoms with Crippen LogP contribution in [0.1, 0.15) is 23.9 Å². The van der Waals surface area contributed by atoms with Crippen molar-refractivity contribution in [1.82, 2.24) is 15.4 Å². The monoisotopic (exact) mass is 265 g/mol. The predicted molar refractivity (Wildman–Crippen MR) is 73.4 cm³/mol. The highest BCUT2D eigenvalue weighted by molar-refractivity contribution is 7.07. The second-order valence-electron chi connectivity index (χ2n) is 4.37. The van der Waals surface area contributed by atoms with E-state index in [1.54, 1.807) is 11.3 Å². The van der Waals surface area contributed by atoms with Gasteiger partial charge in [0.25, 0.3) is 0 Å². The lowest BCUT2D eigenvalue weighted by Crippen LogP contribution is -2.16. The Kier molecular flexibility index (Phi) is 4.92. The van der Waals surface area contributed by atoms with Crippen LogP contribution in [0.3, 0.4) is 0 Å². The molecule has 0 aliphatic carbocycles. The van der Waals surface area contributed by atoms with Gasteiger partial charge in [-0.05, 0) is 36.0 Å². The SMILES string of the molecule is CCNCc1cc(CN(C)Cc2ccsc2)on1. The summed E-state index contributed by atoms with van der Waals surface area (Å²) in [5.74, 6) is 0.917. The van der Waals surface area contributed by atoms with Crippen molar-refractivity contribution in [2.24, 2.45) is 0 Å². The molecular formula is C13H19N3OS. The van der Waals surface area contributed by atoms with Crippen LogP contribution in [-0.4, -0.2) is 23.6 Å². The molecule has 0 unspecified atom stereocenters. The summed E-state index contributed by atoms with van der Waals surface area (Å²) in [6.07, 6.45) is 0. The summed E-state index contributed by atoms with van der Waals surface area (Å²) in [6.45, 7) is 5.52. The summed E-state index contributed by atoms with van der Waals surface area (Å²) in [7, 11) is 2.09. The summed E-state index contributed by atoms with van der Waals surface area (Å²) in [5.41, 5.74) is 2.31. The number of hydrogen-bond donors (Lipinski definition) is 1. The van der Waals surface area contributed by atoms with E-state index in [0.29, 0.717) is 0 Å². The number of hydrogen-bond acceptors (Lipinski definition) is 5. The van der Waals surface area contributed by atoms with Gasteiger partial charge in [0, 0.05) is 19.2 Å². The Morgan fingerprint density at radius 1 is 1.44 bits per heavy atom. The zero-order valence-corrected chi connectivity index (χ0v) is 11.7. The van der Waals surface area contributed by atoms with Crippen LogP contribution in [0.15, 0.2) is 27.4 Å². The van der Waals surface area contributed by atoms with Gasteiger partial charge in [0.1, 0.15) is 0 Å². The maximum absolute atomic E-state index is 5.32. The minimum Gasteiger partial charge on any atom is -0.360 e. The lowest BCUT2D eigenvalue weighted by atomic mass is 10.3. The van der Waals surface area contributed by atoms with Crippen molar-refractivity contribution in [2.45, 2.75) is 26.6 Å². The summed E-state index contributed by atoms with van der Waals surface area (Å²) in [6, 6.07) is 4.17. The van der Waals surface area contributed by atoms with Crippen LogP contribution in [0.25, 0.3) is 0 Å². The normalized spacial score (nSPS) is 11.3. The van der Waals surface area contributed by atoms with Crippen molar-refractivity contribution >= 4 is 11.3 Å². The van der Waals surface area contributed by atoms with Crippen molar-refractivity contribution in [3.05, 3.63) is 39.9 Å². The lowest BCUT2D eigenvalue weighted by molar-refractivity contribution is 0.266. The van der Waals surface area contributed by atoms with E-state index < -0.39 is 0 Å². The van der Waals surface area contributed by atoms with E-state index in [1.807, 2.05) is 6.07 Å². The molecule has 1 N–H and O–H groups in total. The van der Waals surface area contributed by atoms with E-state index in [2.05, 4.69) is 46.2 Å². The molecule has 5 heteroatoms. The molecule has 0 amide bonds. The fourth-order valence-corrected chi connectivity index (χ4v) is 2.44. The molecule has 0 fully saturated rings. The van der Waals surface area contributed by atoms with Crippen LogP contribution in [0.2, 0.25) is 0 Å². The molecule has 0 aliphatic heterocycles. The van der Waals surface area contributed by atoms with Gasteiger partial charge in [0.2, 0.25) is 0 Å². The number of nitrogens with one attached hydrogen (secondary N) is 1. The van der Waals surface area contributed by atoms with Crippen molar-refractivity contribution in [2.75, 3.05) is 13.6 Å². The Morgan fingerprint density at radius 2 is 2.33 bits per heavy atom. The van der Waals surface area contributed by atoms with Gasteiger partial charge in [0.05, 0.1) is 12.2 Å². The molecule has 0 saturated heterocycles. The fraction of sp³-hybridized carbons (Fsp3) is 0.462. The second-order valence-corrected chi connectivity index (χ2v) is 5.15. The third kappa shape index (κ3) is 3.94. The first-order valence-electron chi connectivity index (χ1n) is 6.12. The highest BCUT2D eigenvalue weighted by atomic mass is 32.1. The van der Waals surface area contributed by atoms with E-state index in [0.717, 1.165) is 37.6 Å². The Balaban J connectivity index is 1.83. The van der Waals surface area contributed by atoms with Crippen LogP contribution in [0.5, 0.6) is 0 Å². The molecule has 0 bridgehead atoms. The van der Waals surface area contributed by atoms with Crippen molar-refractivity contribution in [1.29, 1.82) is 0 Å². The van der Waals surface area contributed by atoms with E-state index in [9.17, 15) is 0 Å². The zero-order valence-electron chi connectivity index (χ0n) is 10.8. The molecule has 2 aromatic rings. The van der Waals surface area contributed by atoms with Crippen LogP contribution >= 0.6 is 11.3 Å². The standard InChI is InChI=1S/C13H19N3OS/c1-3-14-7-12-6-13(17-15-12)9-16(2)8-11-4-5-18-10-11/h4-6,10,14H,3,7-9H2,1-2H3. The first-order valence-corrected chi connectivity index (χ1v) is 7.07. The first kappa shape index (κ1) is 13.3. The average molecular weight is 265 g/mol. The molecule has 2 aromatic heterocycles. The number of aromatic nitrogens is 1. The molecule has 0 spiro atoms. The molecule has 18 heavy (non-hydrogen) atoms. The van der Waals surface area contributed by atoms with Crippen molar-refractivity contribution < 1.29 is 4.52 Å². The van der Waals surface area contributed by atoms with E-state index in [1.165, 1.54) is 5.56 Å². The first-order chi connectivity index (χ1) is 8.78. The van der Waals surface area contributed by atoms with E-state index in [-0.39, 0.29) is 0 Å². The third-order valence-electron chi connectivity index (χ3n) is 2.62. The second kappa shape index (κ2) is 6.68. The molecule has 0 radical (unpaired) electrons. The molecule has 2 rings (SSSR count). The maximum atomic E-state index is 5.32. The summed E-state index contributed by atoms with van der Waals surface area (Å²) < 4.78 is 5.32. The molecule has 0 atom stereocenters. The van der Waals surface area contributed by atoms with Gasteiger partial charge in [0.15, 0.2) is 5.76 Å². The highest BCUT2D eigenvalue weighted by Gasteiger charge is 2.07. The van der Waals surface area contributed by atoms with Gasteiger partial charge < -0.3 is 9.84 Å². The van der Waals surface area contributed by atoms with Gasteiger partial charge in [-0.15, -0.1) is 0 Å². The van der Waals surface area contributed by atoms with Gasteiger partial charge in [-0.1, -0.05) is 12.1 Å². The molecule has 98 valence electrons. The maximum Gasteiger partial charge on any atom is 0.151 e. The minimum absolute atomic E-state index is 0.772. The van der Waals surface area contributed by atoms with Crippen LogP contribution < -0.4 is 5.32 Å². The van der Waals surface area contributed by atoms with Gasteiger partial charge in [-0.25, -0.2) is 0 Å². The Hall–Kier alpha value is -1.17. The number of thiophene rings is 1. The molecule has 0 saturated carbocycles. The lowest BCUT2D eigenvalue weighted by Gasteiger charge is -2.13. The van der Waals surface area contributed by atoms with Gasteiger partial charge in [-0.3, -0.25) is 4.90 Å². The van der Waals surface area contributed by atoms with Crippen LogP contribution in [0.4, 0.5) is 0 Å². The van der Waals surface area contributed by atoms with Crippen molar-refractivity contribution in [3.8, 4) is 0 Å². The van der Waals surface area contributed by atoms with Gasteiger partial charge >= 0.3 is 0 Å². The Bertz CT molecular complexity index is 453. The number of rotatable bonds is 7. The Morgan fingerprint density at radius 3 is 3.06 bits per heavy atom. The summed E-state index contributed by atoms with van der Waals surface area (Å²) >= 11 is 1.73. The van der Waals surface area contributed by atoms with E-state index in [4.69, 9.17) is 4.52 Å². The smallest absolute Gasteiger partial charge is 0.151 e. The summed E-state index contributed by atoms with van der Waals surface area (Å²) in [4.78, 5) is 2.22. The molecule has 0 aliphatic rings. The predicted octanol–water partition coefficient (Wildman–Crippen LogP) is 2.48. The van der Waals surface area contributed by atoms with E-state index >= 15 is 0 Å². The quantitative estimate of drug-likeness (QED) is 0.835. The zero-order chi connectivity index (χ0) is 12.8. The largest absolute Gasteiger partial charge is 0.360 e. The highest BCUT2D eigenvalue weighted by Crippen LogP contribution is 2.11. The van der Waals surface area contributed by atoms with Gasteiger partial charge in [-0.2, -0.15) is 11.3 Å². The molecule has 0 aromatic carbocycles. The summed E-state index contributed by atoms with van der Waals surface area (Å²) in [5, 5.41) is 11.6. The van der Waals surface area contributed by atoms with Crippen LogP contribution in [-0.2, 0) is 19.6 Å². The third-order valence-corrected chi connectivity index (χ3v) is 3.35. The number of nitrogens with zero attached hydrogens (tertiary/aromatic N) is 2. The molecule has 4 nitrogen and oxygen atoms in total. The molecular weight excluding hydrogens is 246 g/mol. The fourth-order valence-electron chi connectivity index (χ4n) is 1.78. The minimum atomic E-state index is 0.772. The Labute approximate surface area is 112 Å². The molecule has 2 heterocycles. The van der Waals surface area contributed by atoms with Crippen LogP contribution in [0, 0.1) is 0 Å². The topological polar surface area (TPSA) is 41.3 Å². The average Bonchev–Trinajstić information content (AvgIpc) is 2.98.